The van der Waals surface area contributed by atoms with Crippen LogP contribution in [0.5, 0.6) is 0 Å². The lowest BCUT2D eigenvalue weighted by Crippen LogP contribution is -2.23. The summed E-state index contributed by atoms with van der Waals surface area (Å²) in [5, 5.41) is 19.5. The number of hydrogen-bond acceptors (Lipinski definition) is 4. The third kappa shape index (κ3) is 4.16. The molecule has 0 spiro atoms. The molecule has 0 aliphatic carbocycles. The summed E-state index contributed by atoms with van der Waals surface area (Å²) in [5.74, 6) is -1.20. The fraction of sp³-hybridized carbons (Fsp3) is 0.385. The number of carboxylic acids is 1. The van der Waals surface area contributed by atoms with E-state index in [1.54, 1.807) is 23.1 Å². The molecule has 0 atom stereocenters. The van der Waals surface area contributed by atoms with Crippen LogP contribution in [0.2, 0.25) is 0 Å². The number of nitrogens with zero attached hydrogens (tertiary/aromatic N) is 4. The van der Waals surface area contributed by atoms with Crippen LogP contribution < -0.4 is 5.32 Å². The minimum Gasteiger partial charge on any atom is -0.481 e. The maximum atomic E-state index is 11.9. The SMILES string of the molecule is CCn1cc(CNC(=O)c2ccn(CCC(=O)O)n2)cn1. The van der Waals surface area contributed by atoms with E-state index in [-0.39, 0.29) is 24.6 Å². The molecule has 0 aliphatic heterocycles. The van der Waals surface area contributed by atoms with E-state index in [2.05, 4.69) is 15.5 Å². The molecule has 0 saturated heterocycles. The summed E-state index contributed by atoms with van der Waals surface area (Å²) in [4.78, 5) is 22.4. The molecular formula is C13H17N5O3. The van der Waals surface area contributed by atoms with E-state index in [0.29, 0.717) is 6.54 Å². The Bertz CT molecular complexity index is 631. The number of carboxylic acid groups (broad SMARTS) is 1. The first-order valence-electron chi connectivity index (χ1n) is 6.63. The van der Waals surface area contributed by atoms with Gasteiger partial charge in [0.25, 0.3) is 5.91 Å². The maximum absolute atomic E-state index is 11.9. The quantitative estimate of drug-likeness (QED) is 0.773. The summed E-state index contributed by atoms with van der Waals surface area (Å²) in [6, 6.07) is 1.56. The van der Waals surface area contributed by atoms with Crippen molar-refractivity contribution in [3.05, 3.63) is 35.9 Å². The average Bonchev–Trinajstić information content (AvgIpc) is 3.11. The van der Waals surface area contributed by atoms with Gasteiger partial charge in [0.2, 0.25) is 0 Å². The minimum atomic E-state index is -0.899. The highest BCUT2D eigenvalue weighted by Gasteiger charge is 2.10. The van der Waals surface area contributed by atoms with Gasteiger partial charge in [-0.05, 0) is 13.0 Å². The Kier molecular flexibility index (Phi) is 4.70. The summed E-state index contributed by atoms with van der Waals surface area (Å²) in [5.41, 5.74) is 1.18. The molecule has 0 bridgehead atoms. The molecule has 8 heteroatoms. The molecule has 0 unspecified atom stereocenters. The van der Waals surface area contributed by atoms with Crippen LogP contribution in [0.15, 0.2) is 24.7 Å². The van der Waals surface area contributed by atoms with Crippen LogP contribution in [0.3, 0.4) is 0 Å². The Hall–Kier alpha value is -2.64. The number of aliphatic carboxylic acids is 1. The van der Waals surface area contributed by atoms with Crippen LogP contribution in [-0.4, -0.2) is 36.5 Å². The number of aryl methyl sites for hydroxylation is 2. The van der Waals surface area contributed by atoms with Gasteiger partial charge in [-0.15, -0.1) is 0 Å². The molecule has 1 amide bonds. The molecule has 0 saturated carbocycles. The molecule has 0 fully saturated rings. The molecule has 2 heterocycles. The highest BCUT2D eigenvalue weighted by Crippen LogP contribution is 2.00. The van der Waals surface area contributed by atoms with Crippen LogP contribution in [0.25, 0.3) is 0 Å². The number of carbonyl (C=O) groups excluding carboxylic acids is 1. The first kappa shape index (κ1) is 14.8. The number of carbonyl (C=O) groups is 2. The zero-order chi connectivity index (χ0) is 15.2. The molecule has 2 rings (SSSR count). The Morgan fingerprint density at radius 3 is 2.86 bits per heavy atom. The number of nitrogens with one attached hydrogen (secondary N) is 1. The lowest BCUT2D eigenvalue weighted by Gasteiger charge is -2.01. The standard InChI is InChI=1S/C13H17N5O3/c1-2-17-9-10(8-15-17)7-14-13(21)11-3-5-18(16-11)6-4-12(19)20/h3,5,8-9H,2,4,6-7H2,1H3,(H,14,21)(H,19,20). The molecule has 112 valence electrons. The van der Waals surface area contributed by atoms with Crippen LogP contribution >= 0.6 is 0 Å². The molecule has 2 aromatic heterocycles. The number of rotatable bonds is 7. The first-order valence-corrected chi connectivity index (χ1v) is 6.63. The predicted molar refractivity (Wildman–Crippen MR) is 73.6 cm³/mol. The summed E-state index contributed by atoms with van der Waals surface area (Å²) < 4.78 is 3.22. The fourth-order valence-electron chi connectivity index (χ4n) is 1.76. The van der Waals surface area contributed by atoms with Gasteiger partial charge in [0.15, 0.2) is 0 Å². The minimum absolute atomic E-state index is 0.0288. The van der Waals surface area contributed by atoms with Gasteiger partial charge in [0.05, 0.1) is 19.2 Å². The normalized spacial score (nSPS) is 10.5. The van der Waals surface area contributed by atoms with Crippen LogP contribution in [0.1, 0.15) is 29.4 Å². The second-order valence-corrected chi connectivity index (χ2v) is 4.49. The average molecular weight is 291 g/mol. The largest absolute Gasteiger partial charge is 0.481 e. The Balaban J connectivity index is 1.86. The van der Waals surface area contributed by atoms with Crippen molar-refractivity contribution >= 4 is 11.9 Å². The van der Waals surface area contributed by atoms with Gasteiger partial charge >= 0.3 is 5.97 Å². The highest BCUT2D eigenvalue weighted by atomic mass is 16.4. The summed E-state index contributed by atoms with van der Waals surface area (Å²) in [6.45, 7) is 3.38. The van der Waals surface area contributed by atoms with E-state index in [4.69, 9.17) is 5.11 Å². The topological polar surface area (TPSA) is 102 Å². The second-order valence-electron chi connectivity index (χ2n) is 4.49. The number of amides is 1. The van der Waals surface area contributed by atoms with E-state index in [1.165, 1.54) is 4.68 Å². The highest BCUT2D eigenvalue weighted by molar-refractivity contribution is 5.92. The van der Waals surface area contributed by atoms with Crippen LogP contribution in [-0.2, 0) is 24.4 Å². The van der Waals surface area contributed by atoms with Crippen molar-refractivity contribution in [1.29, 1.82) is 0 Å². The van der Waals surface area contributed by atoms with E-state index >= 15 is 0 Å². The number of hydrogen-bond donors (Lipinski definition) is 2. The monoisotopic (exact) mass is 291 g/mol. The van der Waals surface area contributed by atoms with E-state index < -0.39 is 5.97 Å². The summed E-state index contributed by atoms with van der Waals surface area (Å²) >= 11 is 0. The van der Waals surface area contributed by atoms with Gasteiger partial charge in [0.1, 0.15) is 5.69 Å². The Morgan fingerprint density at radius 1 is 1.38 bits per heavy atom. The van der Waals surface area contributed by atoms with Crippen molar-refractivity contribution in [3.63, 3.8) is 0 Å². The van der Waals surface area contributed by atoms with Crippen molar-refractivity contribution in [2.24, 2.45) is 0 Å². The maximum Gasteiger partial charge on any atom is 0.305 e. The molecule has 2 N–H and O–H groups in total. The van der Waals surface area contributed by atoms with E-state index in [1.807, 2.05) is 13.1 Å². The second kappa shape index (κ2) is 6.69. The molecule has 0 radical (unpaired) electrons. The zero-order valence-electron chi connectivity index (χ0n) is 11.7. The zero-order valence-corrected chi connectivity index (χ0v) is 11.7. The van der Waals surface area contributed by atoms with Gasteiger partial charge in [-0.3, -0.25) is 19.0 Å². The Morgan fingerprint density at radius 2 is 2.19 bits per heavy atom. The van der Waals surface area contributed by atoms with Crippen molar-refractivity contribution < 1.29 is 14.7 Å². The molecule has 0 aliphatic rings. The fourth-order valence-corrected chi connectivity index (χ4v) is 1.76. The van der Waals surface area contributed by atoms with Gasteiger partial charge in [-0.2, -0.15) is 10.2 Å². The molecule has 0 aromatic carbocycles. The molecule has 21 heavy (non-hydrogen) atoms. The molecule has 2 aromatic rings. The smallest absolute Gasteiger partial charge is 0.305 e. The van der Waals surface area contributed by atoms with Crippen LogP contribution in [0.4, 0.5) is 0 Å². The van der Waals surface area contributed by atoms with Crippen molar-refractivity contribution in [2.45, 2.75) is 33.0 Å². The van der Waals surface area contributed by atoms with Crippen molar-refractivity contribution in [1.82, 2.24) is 24.9 Å². The van der Waals surface area contributed by atoms with E-state index in [0.717, 1.165) is 12.1 Å². The molecular weight excluding hydrogens is 274 g/mol. The summed E-state index contributed by atoms with van der Waals surface area (Å²) in [6.07, 6.45) is 5.13. The van der Waals surface area contributed by atoms with Crippen LogP contribution in [0, 0.1) is 0 Å². The summed E-state index contributed by atoms with van der Waals surface area (Å²) in [7, 11) is 0. The van der Waals surface area contributed by atoms with Gasteiger partial charge in [-0.1, -0.05) is 0 Å². The molecule has 8 nitrogen and oxygen atoms in total. The lowest BCUT2D eigenvalue weighted by atomic mass is 10.3. The first-order chi connectivity index (χ1) is 10.1. The van der Waals surface area contributed by atoms with E-state index in [9.17, 15) is 9.59 Å². The van der Waals surface area contributed by atoms with Gasteiger partial charge < -0.3 is 10.4 Å². The Labute approximate surface area is 121 Å². The third-order valence-corrected chi connectivity index (χ3v) is 2.89. The van der Waals surface area contributed by atoms with Crippen molar-refractivity contribution in [3.8, 4) is 0 Å². The lowest BCUT2D eigenvalue weighted by molar-refractivity contribution is -0.137. The predicted octanol–water partition coefficient (Wildman–Crippen LogP) is 0.504. The number of aromatic nitrogens is 4. The van der Waals surface area contributed by atoms with Crippen molar-refractivity contribution in [2.75, 3.05) is 0 Å². The third-order valence-electron chi connectivity index (χ3n) is 2.89. The van der Waals surface area contributed by atoms with Gasteiger partial charge in [0, 0.05) is 31.0 Å². The van der Waals surface area contributed by atoms with Gasteiger partial charge in [-0.25, -0.2) is 0 Å².